The van der Waals surface area contributed by atoms with Gasteiger partial charge in [0.1, 0.15) is 6.10 Å². The fourth-order valence-corrected chi connectivity index (χ4v) is 2.68. The van der Waals surface area contributed by atoms with Crippen LogP contribution in [0.25, 0.3) is 0 Å². The molecule has 0 aliphatic heterocycles. The number of pyridine rings is 1. The number of hydrogen-bond donors (Lipinski definition) is 1. The topological polar surface area (TPSA) is 48.1 Å². The molecule has 0 saturated heterocycles. The molecular formula is C15H24N2O. The maximum Gasteiger partial charge on any atom is 0.115 e. The van der Waals surface area contributed by atoms with Crippen LogP contribution in [-0.4, -0.2) is 17.1 Å². The van der Waals surface area contributed by atoms with Gasteiger partial charge in [0.25, 0.3) is 0 Å². The summed E-state index contributed by atoms with van der Waals surface area (Å²) >= 11 is 0. The standard InChI is InChI=1S/C15H24N2O/c1-11-7-3-4-9-14(11)18-15(12(2)16)13-8-5-6-10-17-13/h5-6,8,10-12,14-15H,3-4,7,9,16H2,1-2H3. The number of nitrogens with zero attached hydrogens (tertiary/aromatic N) is 1. The van der Waals surface area contributed by atoms with Crippen LogP contribution in [0.1, 0.15) is 51.3 Å². The molecule has 1 aromatic heterocycles. The highest BCUT2D eigenvalue weighted by Crippen LogP contribution is 2.31. The molecule has 100 valence electrons. The molecule has 0 aromatic carbocycles. The van der Waals surface area contributed by atoms with Gasteiger partial charge in [-0.05, 0) is 37.8 Å². The SMILES string of the molecule is CC(N)C(OC1CCCCC1C)c1ccccn1. The second-order valence-electron chi connectivity index (χ2n) is 5.47. The summed E-state index contributed by atoms with van der Waals surface area (Å²) < 4.78 is 6.26. The van der Waals surface area contributed by atoms with Gasteiger partial charge in [-0.2, -0.15) is 0 Å². The minimum absolute atomic E-state index is 0.0333. The van der Waals surface area contributed by atoms with Gasteiger partial charge in [-0.1, -0.05) is 25.8 Å². The molecule has 18 heavy (non-hydrogen) atoms. The Hall–Kier alpha value is -0.930. The average Bonchev–Trinajstić information content (AvgIpc) is 2.38. The minimum Gasteiger partial charge on any atom is -0.367 e. The molecule has 1 aliphatic carbocycles. The van der Waals surface area contributed by atoms with E-state index in [1.807, 2.05) is 25.1 Å². The van der Waals surface area contributed by atoms with Gasteiger partial charge in [0.2, 0.25) is 0 Å². The smallest absolute Gasteiger partial charge is 0.115 e. The van der Waals surface area contributed by atoms with E-state index in [0.29, 0.717) is 12.0 Å². The molecule has 1 fully saturated rings. The van der Waals surface area contributed by atoms with Crippen molar-refractivity contribution in [3.8, 4) is 0 Å². The van der Waals surface area contributed by atoms with Gasteiger partial charge < -0.3 is 10.5 Å². The lowest BCUT2D eigenvalue weighted by Gasteiger charge is -2.33. The van der Waals surface area contributed by atoms with Crippen molar-refractivity contribution in [3.05, 3.63) is 30.1 Å². The van der Waals surface area contributed by atoms with Crippen LogP contribution < -0.4 is 5.73 Å². The molecule has 2 N–H and O–H groups in total. The largest absolute Gasteiger partial charge is 0.367 e. The van der Waals surface area contributed by atoms with E-state index in [2.05, 4.69) is 11.9 Å². The van der Waals surface area contributed by atoms with Gasteiger partial charge in [-0.15, -0.1) is 0 Å². The molecule has 0 amide bonds. The van der Waals surface area contributed by atoms with E-state index < -0.39 is 0 Å². The number of nitrogens with two attached hydrogens (primary N) is 1. The van der Waals surface area contributed by atoms with Crippen molar-refractivity contribution in [3.63, 3.8) is 0 Å². The summed E-state index contributed by atoms with van der Waals surface area (Å²) in [5, 5.41) is 0. The maximum absolute atomic E-state index is 6.26. The Balaban J connectivity index is 2.07. The zero-order valence-corrected chi connectivity index (χ0v) is 11.4. The van der Waals surface area contributed by atoms with Crippen molar-refractivity contribution in [1.82, 2.24) is 4.98 Å². The van der Waals surface area contributed by atoms with E-state index >= 15 is 0 Å². The lowest BCUT2D eigenvalue weighted by Crippen LogP contribution is -2.34. The van der Waals surface area contributed by atoms with Crippen LogP contribution in [0.5, 0.6) is 0 Å². The quantitative estimate of drug-likeness (QED) is 0.890. The summed E-state index contributed by atoms with van der Waals surface area (Å²) in [4.78, 5) is 4.39. The molecule has 3 nitrogen and oxygen atoms in total. The van der Waals surface area contributed by atoms with E-state index in [4.69, 9.17) is 10.5 Å². The fourth-order valence-electron chi connectivity index (χ4n) is 2.68. The third kappa shape index (κ3) is 3.30. The first-order valence-electron chi connectivity index (χ1n) is 7.00. The zero-order chi connectivity index (χ0) is 13.0. The molecule has 2 rings (SSSR count). The first kappa shape index (κ1) is 13.5. The Kier molecular flexibility index (Phi) is 4.72. The average molecular weight is 248 g/mol. The second-order valence-corrected chi connectivity index (χ2v) is 5.47. The predicted molar refractivity (Wildman–Crippen MR) is 73.1 cm³/mol. The van der Waals surface area contributed by atoms with Crippen LogP contribution >= 0.6 is 0 Å². The first-order chi connectivity index (χ1) is 8.68. The highest BCUT2D eigenvalue weighted by Gasteiger charge is 2.28. The van der Waals surface area contributed by atoms with Crippen LogP contribution in [0.4, 0.5) is 0 Å². The summed E-state index contributed by atoms with van der Waals surface area (Å²) in [7, 11) is 0. The molecule has 1 aliphatic rings. The first-order valence-corrected chi connectivity index (χ1v) is 7.00. The summed E-state index contributed by atoms with van der Waals surface area (Å²) in [6.45, 7) is 4.27. The predicted octanol–water partition coefficient (Wildman–Crippen LogP) is 3.07. The number of rotatable bonds is 4. The van der Waals surface area contributed by atoms with Gasteiger partial charge in [0.15, 0.2) is 0 Å². The molecule has 4 atom stereocenters. The van der Waals surface area contributed by atoms with Gasteiger partial charge >= 0.3 is 0 Å². The van der Waals surface area contributed by atoms with Crippen molar-refractivity contribution >= 4 is 0 Å². The highest BCUT2D eigenvalue weighted by atomic mass is 16.5. The highest BCUT2D eigenvalue weighted by molar-refractivity contribution is 5.09. The molecule has 1 saturated carbocycles. The number of ether oxygens (including phenoxy) is 1. The molecular weight excluding hydrogens is 224 g/mol. The molecule has 1 heterocycles. The summed E-state index contributed by atoms with van der Waals surface area (Å²) in [5.41, 5.74) is 7.02. The van der Waals surface area contributed by atoms with E-state index in [-0.39, 0.29) is 12.1 Å². The summed E-state index contributed by atoms with van der Waals surface area (Å²) in [5.74, 6) is 0.628. The van der Waals surface area contributed by atoms with Crippen molar-refractivity contribution in [2.24, 2.45) is 11.7 Å². The van der Waals surface area contributed by atoms with Crippen LogP contribution in [-0.2, 0) is 4.74 Å². The molecule has 0 radical (unpaired) electrons. The van der Waals surface area contributed by atoms with E-state index in [0.717, 1.165) is 12.1 Å². The fraction of sp³-hybridized carbons (Fsp3) is 0.667. The van der Waals surface area contributed by atoms with Gasteiger partial charge in [0, 0.05) is 12.2 Å². The monoisotopic (exact) mass is 248 g/mol. The number of hydrogen-bond acceptors (Lipinski definition) is 3. The lowest BCUT2D eigenvalue weighted by atomic mass is 9.87. The van der Waals surface area contributed by atoms with Crippen molar-refractivity contribution < 1.29 is 4.74 Å². The number of aromatic nitrogens is 1. The zero-order valence-electron chi connectivity index (χ0n) is 11.4. The Bertz CT molecular complexity index is 353. The van der Waals surface area contributed by atoms with Crippen molar-refractivity contribution in [2.75, 3.05) is 0 Å². The maximum atomic E-state index is 6.26. The third-order valence-corrected chi connectivity index (χ3v) is 3.81. The Morgan fingerprint density at radius 3 is 2.72 bits per heavy atom. The molecule has 4 unspecified atom stereocenters. The normalized spacial score (nSPS) is 27.7. The molecule has 0 bridgehead atoms. The van der Waals surface area contributed by atoms with Crippen molar-refractivity contribution in [2.45, 2.75) is 57.8 Å². The molecule has 0 spiro atoms. The lowest BCUT2D eigenvalue weighted by molar-refractivity contribution is -0.0668. The van der Waals surface area contributed by atoms with Crippen molar-refractivity contribution in [1.29, 1.82) is 0 Å². The van der Waals surface area contributed by atoms with E-state index in [9.17, 15) is 0 Å². The Morgan fingerprint density at radius 2 is 2.11 bits per heavy atom. The molecule has 3 heteroatoms. The van der Waals surface area contributed by atoms with Crippen LogP contribution in [0.2, 0.25) is 0 Å². The summed E-state index contributed by atoms with van der Waals surface area (Å²) in [6.07, 6.45) is 7.05. The van der Waals surface area contributed by atoms with E-state index in [1.54, 1.807) is 6.20 Å². The Morgan fingerprint density at radius 1 is 1.33 bits per heavy atom. The molecule has 1 aromatic rings. The van der Waals surface area contributed by atoms with Crippen LogP contribution in [0.3, 0.4) is 0 Å². The van der Waals surface area contributed by atoms with Gasteiger partial charge in [-0.3, -0.25) is 4.98 Å². The van der Waals surface area contributed by atoms with Gasteiger partial charge in [0.05, 0.1) is 11.8 Å². The van der Waals surface area contributed by atoms with Crippen LogP contribution in [0, 0.1) is 5.92 Å². The third-order valence-electron chi connectivity index (χ3n) is 3.81. The Labute approximate surface area is 110 Å². The van der Waals surface area contributed by atoms with Crippen LogP contribution in [0.15, 0.2) is 24.4 Å². The van der Waals surface area contributed by atoms with E-state index in [1.165, 1.54) is 19.3 Å². The minimum atomic E-state index is -0.0863. The second kappa shape index (κ2) is 6.30. The van der Waals surface area contributed by atoms with Gasteiger partial charge in [-0.25, -0.2) is 0 Å². The summed E-state index contributed by atoms with van der Waals surface area (Å²) in [6, 6.07) is 5.88.